The van der Waals surface area contributed by atoms with Crippen molar-refractivity contribution < 1.29 is 19.0 Å². The van der Waals surface area contributed by atoms with E-state index in [4.69, 9.17) is 9.84 Å². The minimum atomic E-state index is -0.937. The van der Waals surface area contributed by atoms with Crippen molar-refractivity contribution in [3.05, 3.63) is 34.1 Å². The zero-order chi connectivity index (χ0) is 15.4. The normalized spacial score (nSPS) is 11.4. The van der Waals surface area contributed by atoms with Gasteiger partial charge in [0.05, 0.1) is 13.0 Å². The fourth-order valence-electron chi connectivity index (χ4n) is 2.53. The van der Waals surface area contributed by atoms with Gasteiger partial charge in [0.25, 0.3) is 0 Å². The first-order chi connectivity index (χ1) is 9.29. The molecule has 0 aromatic heterocycles. The number of hydrogen-bond acceptors (Lipinski definition) is 2. The molecule has 0 amide bonds. The van der Waals surface area contributed by atoms with E-state index in [1.165, 1.54) is 7.11 Å². The third-order valence-electron chi connectivity index (χ3n) is 3.35. The first-order valence-electron chi connectivity index (χ1n) is 6.84. The first-order valence-corrected chi connectivity index (χ1v) is 6.84. The van der Waals surface area contributed by atoms with E-state index in [9.17, 15) is 9.18 Å². The number of halogens is 1. The Kier molecular flexibility index (Phi) is 5.69. The molecule has 0 saturated heterocycles. The Labute approximate surface area is 119 Å². The van der Waals surface area contributed by atoms with E-state index in [0.29, 0.717) is 16.7 Å². The lowest BCUT2D eigenvalue weighted by atomic mass is 9.85. The topological polar surface area (TPSA) is 46.5 Å². The highest BCUT2D eigenvalue weighted by Gasteiger charge is 2.23. The van der Waals surface area contributed by atoms with E-state index in [2.05, 4.69) is 0 Å². The summed E-state index contributed by atoms with van der Waals surface area (Å²) in [4.78, 5) is 11.1. The van der Waals surface area contributed by atoms with Crippen molar-refractivity contribution in [3.8, 4) is 0 Å². The SMILES string of the molecule is COCc1cc(C(C)C)c(CC(=O)O)c(C(C)C)c1F. The molecule has 1 aromatic carbocycles. The average molecular weight is 282 g/mol. The minimum Gasteiger partial charge on any atom is -0.481 e. The molecule has 0 aliphatic carbocycles. The van der Waals surface area contributed by atoms with E-state index in [1.54, 1.807) is 6.07 Å². The van der Waals surface area contributed by atoms with Gasteiger partial charge in [-0.05, 0) is 34.6 Å². The molecule has 0 unspecified atom stereocenters. The highest BCUT2D eigenvalue weighted by atomic mass is 19.1. The molecule has 1 N–H and O–H groups in total. The van der Waals surface area contributed by atoms with Crippen molar-refractivity contribution in [1.82, 2.24) is 0 Å². The number of benzene rings is 1. The van der Waals surface area contributed by atoms with Crippen LogP contribution in [-0.2, 0) is 22.6 Å². The van der Waals surface area contributed by atoms with Crippen molar-refractivity contribution in [2.75, 3.05) is 7.11 Å². The van der Waals surface area contributed by atoms with Crippen LogP contribution in [-0.4, -0.2) is 18.2 Å². The van der Waals surface area contributed by atoms with Crippen LogP contribution < -0.4 is 0 Å². The van der Waals surface area contributed by atoms with Crippen LogP contribution >= 0.6 is 0 Å². The summed E-state index contributed by atoms with van der Waals surface area (Å²) in [6.45, 7) is 7.92. The summed E-state index contributed by atoms with van der Waals surface area (Å²) in [5, 5.41) is 9.10. The molecule has 20 heavy (non-hydrogen) atoms. The van der Waals surface area contributed by atoms with Gasteiger partial charge in [-0.3, -0.25) is 4.79 Å². The molecular weight excluding hydrogens is 259 g/mol. The molecule has 3 nitrogen and oxygen atoms in total. The highest BCUT2D eigenvalue weighted by Crippen LogP contribution is 2.33. The van der Waals surface area contributed by atoms with Gasteiger partial charge in [0, 0.05) is 12.7 Å². The number of aliphatic carboxylic acids is 1. The molecule has 0 spiro atoms. The second-order valence-electron chi connectivity index (χ2n) is 5.64. The maximum atomic E-state index is 14.6. The van der Waals surface area contributed by atoms with Gasteiger partial charge in [0.2, 0.25) is 0 Å². The lowest BCUT2D eigenvalue weighted by Crippen LogP contribution is -2.13. The van der Waals surface area contributed by atoms with Gasteiger partial charge >= 0.3 is 5.97 Å². The zero-order valence-corrected chi connectivity index (χ0v) is 12.8. The molecule has 0 atom stereocenters. The summed E-state index contributed by atoms with van der Waals surface area (Å²) >= 11 is 0. The van der Waals surface area contributed by atoms with Crippen LogP contribution in [0.2, 0.25) is 0 Å². The smallest absolute Gasteiger partial charge is 0.307 e. The number of carboxylic acids is 1. The molecule has 0 heterocycles. The average Bonchev–Trinajstić information content (AvgIpc) is 2.31. The maximum Gasteiger partial charge on any atom is 0.307 e. The monoisotopic (exact) mass is 282 g/mol. The second-order valence-corrected chi connectivity index (χ2v) is 5.64. The van der Waals surface area contributed by atoms with Crippen molar-refractivity contribution in [1.29, 1.82) is 0 Å². The van der Waals surface area contributed by atoms with Gasteiger partial charge in [-0.15, -0.1) is 0 Å². The number of ether oxygens (including phenoxy) is 1. The third kappa shape index (κ3) is 3.57. The molecule has 1 rings (SSSR count). The van der Waals surface area contributed by atoms with Gasteiger partial charge in [0.1, 0.15) is 5.82 Å². The molecule has 0 saturated carbocycles. The molecule has 4 heteroatoms. The summed E-state index contributed by atoms with van der Waals surface area (Å²) in [7, 11) is 1.52. The minimum absolute atomic E-state index is 0.0707. The molecule has 0 radical (unpaired) electrons. The lowest BCUT2D eigenvalue weighted by molar-refractivity contribution is -0.136. The standard InChI is InChI=1S/C16H23FO3/c1-9(2)12-6-11(8-20-5)16(17)15(10(3)4)13(12)7-14(18)19/h6,9-10H,7-8H2,1-5H3,(H,18,19). The van der Waals surface area contributed by atoms with Crippen LogP contribution in [0.1, 0.15) is 61.8 Å². The van der Waals surface area contributed by atoms with E-state index in [-0.39, 0.29) is 30.7 Å². The summed E-state index contributed by atoms with van der Waals surface area (Å²) in [5.74, 6) is -1.20. The number of carbonyl (C=O) groups is 1. The Balaban J connectivity index is 3.59. The predicted molar refractivity (Wildman–Crippen MR) is 76.6 cm³/mol. The van der Waals surface area contributed by atoms with Crippen LogP contribution in [0.3, 0.4) is 0 Å². The van der Waals surface area contributed by atoms with E-state index in [0.717, 1.165) is 5.56 Å². The van der Waals surface area contributed by atoms with Crippen LogP contribution in [0.4, 0.5) is 4.39 Å². The van der Waals surface area contributed by atoms with Crippen molar-refractivity contribution >= 4 is 5.97 Å². The number of hydrogen-bond donors (Lipinski definition) is 1. The Morgan fingerprint density at radius 1 is 1.30 bits per heavy atom. The fourth-order valence-corrected chi connectivity index (χ4v) is 2.53. The van der Waals surface area contributed by atoms with Gasteiger partial charge in [0.15, 0.2) is 0 Å². The van der Waals surface area contributed by atoms with Crippen LogP contribution in [0.25, 0.3) is 0 Å². The number of carboxylic acid groups (broad SMARTS) is 1. The van der Waals surface area contributed by atoms with Crippen LogP contribution in [0, 0.1) is 5.82 Å². The third-order valence-corrected chi connectivity index (χ3v) is 3.35. The second kappa shape index (κ2) is 6.84. The Bertz CT molecular complexity index is 493. The summed E-state index contributed by atoms with van der Waals surface area (Å²) < 4.78 is 19.6. The van der Waals surface area contributed by atoms with Crippen molar-refractivity contribution in [2.45, 2.75) is 52.6 Å². The molecule has 0 aliphatic rings. The summed E-state index contributed by atoms with van der Waals surface area (Å²) in [6, 6.07) is 1.74. The quantitative estimate of drug-likeness (QED) is 0.862. The molecular formula is C16H23FO3. The molecule has 0 fully saturated rings. The zero-order valence-electron chi connectivity index (χ0n) is 12.8. The fraction of sp³-hybridized carbons (Fsp3) is 0.562. The number of rotatable bonds is 6. The van der Waals surface area contributed by atoms with E-state index < -0.39 is 5.97 Å². The Hall–Kier alpha value is -1.42. The van der Waals surface area contributed by atoms with Gasteiger partial charge < -0.3 is 9.84 Å². The number of methoxy groups -OCH3 is 1. The van der Waals surface area contributed by atoms with E-state index in [1.807, 2.05) is 27.7 Å². The van der Waals surface area contributed by atoms with Gasteiger partial charge in [-0.25, -0.2) is 4.39 Å². The molecule has 112 valence electrons. The molecule has 1 aromatic rings. The predicted octanol–water partition coefficient (Wildman–Crippen LogP) is 3.85. The first kappa shape index (κ1) is 16.6. The summed E-state index contributed by atoms with van der Waals surface area (Å²) in [5.41, 5.74) is 2.50. The van der Waals surface area contributed by atoms with Crippen LogP contribution in [0.5, 0.6) is 0 Å². The highest BCUT2D eigenvalue weighted by molar-refractivity contribution is 5.72. The lowest BCUT2D eigenvalue weighted by Gasteiger charge is -2.22. The molecule has 0 bridgehead atoms. The van der Waals surface area contributed by atoms with E-state index >= 15 is 0 Å². The summed E-state index contributed by atoms with van der Waals surface area (Å²) in [6.07, 6.45) is -0.148. The molecule has 0 aliphatic heterocycles. The Morgan fingerprint density at radius 2 is 1.90 bits per heavy atom. The maximum absolute atomic E-state index is 14.6. The van der Waals surface area contributed by atoms with Crippen LogP contribution in [0.15, 0.2) is 6.07 Å². The Morgan fingerprint density at radius 3 is 2.30 bits per heavy atom. The van der Waals surface area contributed by atoms with Crippen molar-refractivity contribution in [3.63, 3.8) is 0 Å². The largest absolute Gasteiger partial charge is 0.481 e. The van der Waals surface area contributed by atoms with Crippen molar-refractivity contribution in [2.24, 2.45) is 0 Å². The van der Waals surface area contributed by atoms with Gasteiger partial charge in [-0.1, -0.05) is 27.7 Å². The van der Waals surface area contributed by atoms with Gasteiger partial charge in [-0.2, -0.15) is 0 Å².